The first-order chi connectivity index (χ1) is 12.5. The third-order valence-corrected chi connectivity index (χ3v) is 4.85. The minimum absolute atomic E-state index is 0.138. The Bertz CT molecular complexity index is 638. The average molecular weight is 361 g/mol. The van der Waals surface area contributed by atoms with E-state index in [-0.39, 0.29) is 36.7 Å². The van der Waals surface area contributed by atoms with E-state index in [1.807, 2.05) is 20.8 Å². The third-order valence-electron chi connectivity index (χ3n) is 4.85. The van der Waals surface area contributed by atoms with Crippen LogP contribution in [0.4, 0.5) is 5.69 Å². The van der Waals surface area contributed by atoms with Crippen molar-refractivity contribution in [3.05, 3.63) is 29.8 Å². The lowest BCUT2D eigenvalue weighted by atomic mass is 10.1. The molecule has 1 heterocycles. The Kier molecular flexibility index (Phi) is 7.33. The van der Waals surface area contributed by atoms with Gasteiger partial charge in [0.2, 0.25) is 5.91 Å². The van der Waals surface area contributed by atoms with E-state index in [0.717, 1.165) is 36.4 Å². The van der Waals surface area contributed by atoms with Gasteiger partial charge in [-0.15, -0.1) is 0 Å². The van der Waals surface area contributed by atoms with Crippen molar-refractivity contribution < 1.29 is 24.0 Å². The van der Waals surface area contributed by atoms with Gasteiger partial charge >= 0.3 is 5.97 Å². The number of unbranched alkanes of at least 4 members (excludes halogenated alkanes) is 1. The summed E-state index contributed by atoms with van der Waals surface area (Å²) in [6.07, 6.45) is 2.29. The van der Waals surface area contributed by atoms with Gasteiger partial charge in [-0.3, -0.25) is 14.4 Å². The summed E-state index contributed by atoms with van der Waals surface area (Å²) in [5.41, 5.74) is 1.37. The largest absolute Gasteiger partial charge is 0.465 e. The number of imide groups is 1. The van der Waals surface area contributed by atoms with E-state index in [9.17, 15) is 14.4 Å². The molecule has 0 aromatic heterocycles. The van der Waals surface area contributed by atoms with Gasteiger partial charge in [-0.1, -0.05) is 25.5 Å². The van der Waals surface area contributed by atoms with E-state index >= 15 is 0 Å². The highest BCUT2D eigenvalue weighted by Crippen LogP contribution is 2.22. The molecule has 0 unspecified atom stereocenters. The highest BCUT2D eigenvalue weighted by molar-refractivity contribution is 6.21. The molecule has 2 rings (SSSR count). The Hall–Kier alpha value is -2.21. The summed E-state index contributed by atoms with van der Waals surface area (Å²) in [6.45, 7) is 8.15. The van der Waals surface area contributed by atoms with Crippen LogP contribution in [0.5, 0.6) is 0 Å². The summed E-state index contributed by atoms with van der Waals surface area (Å²) in [5.74, 6) is -0.559. The van der Waals surface area contributed by atoms with Gasteiger partial charge in [0.1, 0.15) is 0 Å². The molecule has 0 bridgehead atoms. The Morgan fingerprint density at radius 2 is 1.81 bits per heavy atom. The smallest absolute Gasteiger partial charge is 0.310 e. The summed E-state index contributed by atoms with van der Waals surface area (Å²) in [7, 11) is 0. The minimum atomic E-state index is -0.300. The van der Waals surface area contributed by atoms with Crippen LogP contribution in [0.3, 0.4) is 0 Å². The molecule has 6 nitrogen and oxygen atoms in total. The van der Waals surface area contributed by atoms with Crippen LogP contribution in [0.2, 0.25) is 0 Å². The van der Waals surface area contributed by atoms with Crippen LogP contribution in [0.15, 0.2) is 24.3 Å². The van der Waals surface area contributed by atoms with E-state index in [0.29, 0.717) is 12.3 Å². The Labute approximate surface area is 155 Å². The quantitative estimate of drug-likeness (QED) is 0.407. The number of nitrogens with zero attached hydrogens (tertiary/aromatic N) is 1. The monoisotopic (exact) mass is 361 g/mol. The van der Waals surface area contributed by atoms with Gasteiger partial charge in [0.05, 0.1) is 38.2 Å². The number of hydrogen-bond donors (Lipinski definition) is 1. The van der Waals surface area contributed by atoms with Crippen molar-refractivity contribution in [3.63, 3.8) is 0 Å². The molecule has 6 heteroatoms. The number of amides is 2. The van der Waals surface area contributed by atoms with E-state index in [1.165, 1.54) is 4.90 Å². The molecule has 26 heavy (non-hydrogen) atoms. The van der Waals surface area contributed by atoms with Crippen LogP contribution in [0.25, 0.3) is 0 Å². The molecule has 2 amide bonds. The third kappa shape index (κ3) is 4.69. The summed E-state index contributed by atoms with van der Waals surface area (Å²) >= 11 is 0. The van der Waals surface area contributed by atoms with Crippen LogP contribution in [-0.4, -0.2) is 43.5 Å². The van der Waals surface area contributed by atoms with Crippen molar-refractivity contribution in [2.24, 2.45) is 0 Å². The number of benzene rings is 1. The summed E-state index contributed by atoms with van der Waals surface area (Å²) in [5, 5.41) is 0. The summed E-state index contributed by atoms with van der Waals surface area (Å²) in [6, 6.07) is 6.70. The van der Waals surface area contributed by atoms with Gasteiger partial charge in [0, 0.05) is 0 Å². The molecule has 1 aliphatic rings. The minimum Gasteiger partial charge on any atom is -0.465 e. The van der Waals surface area contributed by atoms with Crippen molar-refractivity contribution in [2.45, 2.75) is 52.5 Å². The Morgan fingerprint density at radius 1 is 1.15 bits per heavy atom. The highest BCUT2D eigenvalue weighted by atomic mass is 16.5. The molecule has 1 fully saturated rings. The van der Waals surface area contributed by atoms with Crippen molar-refractivity contribution in [1.82, 2.24) is 0 Å². The summed E-state index contributed by atoms with van der Waals surface area (Å²) < 4.78 is 5.16. The summed E-state index contributed by atoms with van der Waals surface area (Å²) in [4.78, 5) is 39.2. The van der Waals surface area contributed by atoms with Crippen molar-refractivity contribution in [3.8, 4) is 0 Å². The first-order valence-corrected chi connectivity index (χ1v) is 9.47. The number of esters is 1. The van der Waals surface area contributed by atoms with E-state index in [2.05, 4.69) is 0 Å². The van der Waals surface area contributed by atoms with Gasteiger partial charge in [0.25, 0.3) is 5.91 Å². The second kappa shape index (κ2) is 9.48. The number of likely N-dealkylation sites (N-methyl/N-ethyl adjacent to an activating group) is 1. The fraction of sp³-hybridized carbons (Fsp3) is 0.550. The van der Waals surface area contributed by atoms with Gasteiger partial charge in [0.15, 0.2) is 6.04 Å². The lowest BCUT2D eigenvalue weighted by molar-refractivity contribution is -0.911. The first-order valence-electron chi connectivity index (χ1n) is 9.47. The molecule has 1 saturated heterocycles. The molecule has 0 spiro atoms. The maximum atomic E-state index is 12.7. The Balaban J connectivity index is 2.02. The second-order valence-corrected chi connectivity index (χ2v) is 6.61. The molecule has 142 valence electrons. The zero-order valence-corrected chi connectivity index (χ0v) is 15.9. The predicted octanol–water partition coefficient (Wildman–Crippen LogP) is 1.13. The molecule has 0 saturated carbocycles. The van der Waals surface area contributed by atoms with E-state index in [1.54, 1.807) is 24.3 Å². The van der Waals surface area contributed by atoms with Gasteiger partial charge < -0.3 is 9.64 Å². The molecular formula is C20H29N2O4+. The number of nitrogens with one attached hydrogen (secondary N) is 1. The zero-order chi connectivity index (χ0) is 19.1. The molecule has 1 atom stereocenters. The molecular weight excluding hydrogens is 332 g/mol. The fourth-order valence-electron chi connectivity index (χ4n) is 3.28. The molecule has 1 aromatic rings. The fourth-order valence-corrected chi connectivity index (χ4v) is 3.28. The van der Waals surface area contributed by atoms with Crippen molar-refractivity contribution in [1.29, 1.82) is 0 Å². The highest BCUT2D eigenvalue weighted by Gasteiger charge is 2.44. The van der Waals surface area contributed by atoms with Crippen molar-refractivity contribution >= 4 is 23.5 Å². The second-order valence-electron chi connectivity index (χ2n) is 6.61. The molecule has 1 aliphatic heterocycles. The van der Waals surface area contributed by atoms with Crippen LogP contribution >= 0.6 is 0 Å². The van der Waals surface area contributed by atoms with Crippen LogP contribution in [0.1, 0.15) is 45.6 Å². The molecule has 1 aromatic carbocycles. The number of hydrogen-bond acceptors (Lipinski definition) is 4. The number of carbonyl (C=O) groups is 3. The zero-order valence-electron chi connectivity index (χ0n) is 15.9. The average Bonchev–Trinajstić information content (AvgIpc) is 2.92. The first kappa shape index (κ1) is 20.1. The topological polar surface area (TPSA) is 68.1 Å². The number of ether oxygens (including phenoxy) is 1. The van der Waals surface area contributed by atoms with Crippen LogP contribution in [-0.2, 0) is 25.5 Å². The molecule has 1 N–H and O–H groups in total. The molecule has 0 radical (unpaired) electrons. The van der Waals surface area contributed by atoms with Gasteiger partial charge in [-0.05, 0) is 38.0 Å². The maximum Gasteiger partial charge on any atom is 0.310 e. The Morgan fingerprint density at radius 3 is 2.38 bits per heavy atom. The van der Waals surface area contributed by atoms with Gasteiger partial charge in [-0.25, -0.2) is 4.90 Å². The normalized spacial score (nSPS) is 17.2. The van der Waals surface area contributed by atoms with E-state index < -0.39 is 0 Å². The SMILES string of the molecule is CCCCOC(=O)Cc1ccc(N2C(=O)C[C@@H]([NH+](CC)CC)C2=O)cc1. The lowest BCUT2D eigenvalue weighted by Gasteiger charge is -2.21. The van der Waals surface area contributed by atoms with E-state index in [4.69, 9.17) is 4.74 Å². The molecule has 0 aliphatic carbocycles. The van der Waals surface area contributed by atoms with Gasteiger partial charge in [-0.2, -0.15) is 0 Å². The predicted molar refractivity (Wildman–Crippen MR) is 99.0 cm³/mol. The maximum absolute atomic E-state index is 12.7. The standard InChI is InChI=1S/C20H28N2O4/c1-4-7-12-26-19(24)13-15-8-10-16(11-9-15)22-18(23)14-17(20(22)25)21(5-2)6-3/h8-11,17H,4-7,12-14H2,1-3H3/p+1/t17-/m1/s1. The number of rotatable bonds is 9. The number of quaternary nitrogens is 1. The van der Waals surface area contributed by atoms with Crippen molar-refractivity contribution in [2.75, 3.05) is 24.6 Å². The lowest BCUT2D eigenvalue weighted by Crippen LogP contribution is -3.16. The number of carbonyl (C=O) groups excluding carboxylic acids is 3. The van der Waals surface area contributed by atoms with Crippen LogP contribution in [0, 0.1) is 0 Å². The number of anilines is 1. The van der Waals surface area contributed by atoms with Crippen LogP contribution < -0.4 is 9.80 Å².